The number of thiazole rings is 1. The smallest absolute Gasteiger partial charge is 0.356 e. The molecule has 0 aliphatic heterocycles. The van der Waals surface area contributed by atoms with Gasteiger partial charge in [-0.15, -0.1) is 0 Å². The first kappa shape index (κ1) is 16.6. The van der Waals surface area contributed by atoms with Crippen molar-refractivity contribution in [3.8, 4) is 0 Å². The van der Waals surface area contributed by atoms with E-state index in [1.165, 1.54) is 6.92 Å². The van der Waals surface area contributed by atoms with Crippen LogP contribution in [0.1, 0.15) is 40.9 Å². The minimum Gasteiger partial charge on any atom is -0.476 e. The van der Waals surface area contributed by atoms with Crippen LogP contribution in [-0.2, 0) is 4.74 Å². The number of carboxylic acid groups (broad SMARTS) is 1. The van der Waals surface area contributed by atoms with E-state index < -0.39 is 5.97 Å². The molecule has 1 aromatic rings. The second kappa shape index (κ2) is 7.35. The van der Waals surface area contributed by atoms with Gasteiger partial charge >= 0.3 is 5.97 Å². The van der Waals surface area contributed by atoms with E-state index in [1.807, 2.05) is 4.90 Å². The van der Waals surface area contributed by atoms with Crippen LogP contribution in [0.15, 0.2) is 0 Å². The Morgan fingerprint density at radius 1 is 1.45 bits per heavy atom. The van der Waals surface area contributed by atoms with Crippen LogP contribution >= 0.6 is 11.3 Å². The minimum absolute atomic E-state index is 0.163. The minimum atomic E-state index is -1.17. The number of hydrogen-bond acceptors (Lipinski definition) is 6. The molecule has 0 fully saturated rings. The number of aromatic carboxylic acids is 1. The summed E-state index contributed by atoms with van der Waals surface area (Å²) in [6, 6.07) is 0. The summed E-state index contributed by atoms with van der Waals surface area (Å²) in [5.74, 6) is -1.05. The maximum atomic E-state index is 11.5. The van der Waals surface area contributed by atoms with Crippen molar-refractivity contribution in [1.82, 2.24) is 4.98 Å². The van der Waals surface area contributed by atoms with Crippen molar-refractivity contribution >= 4 is 28.2 Å². The first-order valence-electron chi connectivity index (χ1n) is 6.35. The lowest BCUT2D eigenvalue weighted by molar-refractivity contribution is 0.0687. The van der Waals surface area contributed by atoms with E-state index in [9.17, 15) is 9.59 Å². The van der Waals surface area contributed by atoms with Gasteiger partial charge in [0, 0.05) is 27.1 Å². The quantitative estimate of drug-likeness (QED) is 0.741. The van der Waals surface area contributed by atoms with E-state index in [2.05, 4.69) is 18.8 Å². The van der Waals surface area contributed by atoms with Crippen molar-refractivity contribution in [2.24, 2.45) is 5.92 Å². The largest absolute Gasteiger partial charge is 0.476 e. The summed E-state index contributed by atoms with van der Waals surface area (Å²) in [7, 11) is 1.61. The van der Waals surface area contributed by atoms with E-state index in [-0.39, 0.29) is 16.4 Å². The molecular weight excluding hydrogens is 280 g/mol. The van der Waals surface area contributed by atoms with Crippen LogP contribution < -0.4 is 4.90 Å². The van der Waals surface area contributed by atoms with Gasteiger partial charge < -0.3 is 14.7 Å². The van der Waals surface area contributed by atoms with Gasteiger partial charge in [-0.05, 0) is 5.92 Å². The van der Waals surface area contributed by atoms with Crippen molar-refractivity contribution < 1.29 is 19.4 Å². The molecule has 1 aromatic heterocycles. The fraction of sp³-hybridized carbons (Fsp3) is 0.615. The molecule has 0 unspecified atom stereocenters. The summed E-state index contributed by atoms with van der Waals surface area (Å²) in [5.41, 5.74) is -0.163. The molecule has 112 valence electrons. The van der Waals surface area contributed by atoms with E-state index >= 15 is 0 Å². The van der Waals surface area contributed by atoms with Gasteiger partial charge in [0.2, 0.25) is 0 Å². The number of ether oxygens (including phenoxy) is 1. The maximum absolute atomic E-state index is 11.5. The molecule has 6 nitrogen and oxygen atoms in total. The van der Waals surface area contributed by atoms with E-state index in [1.54, 1.807) is 7.11 Å². The highest BCUT2D eigenvalue weighted by Gasteiger charge is 2.23. The molecule has 20 heavy (non-hydrogen) atoms. The van der Waals surface area contributed by atoms with Gasteiger partial charge in [0.25, 0.3) is 0 Å². The summed E-state index contributed by atoms with van der Waals surface area (Å²) in [6.45, 7) is 7.34. The van der Waals surface area contributed by atoms with Crippen LogP contribution in [0.4, 0.5) is 5.13 Å². The molecule has 0 aromatic carbocycles. The third kappa shape index (κ3) is 4.28. The van der Waals surface area contributed by atoms with Crippen LogP contribution in [-0.4, -0.2) is 48.6 Å². The highest BCUT2D eigenvalue weighted by Crippen LogP contribution is 2.27. The molecule has 0 atom stereocenters. The molecule has 0 spiro atoms. The molecule has 1 heterocycles. The number of Topliss-reactive ketones (excluding diaryl/α,β-unsaturated/α-hetero) is 1. The summed E-state index contributed by atoms with van der Waals surface area (Å²) in [4.78, 5) is 28.9. The number of rotatable bonds is 8. The molecular formula is C13H20N2O4S. The highest BCUT2D eigenvalue weighted by molar-refractivity contribution is 7.17. The van der Waals surface area contributed by atoms with Gasteiger partial charge in [-0.1, -0.05) is 25.2 Å². The molecule has 0 amide bonds. The zero-order chi connectivity index (χ0) is 15.3. The predicted molar refractivity (Wildman–Crippen MR) is 78.0 cm³/mol. The van der Waals surface area contributed by atoms with Crippen molar-refractivity contribution in [2.45, 2.75) is 20.8 Å². The van der Waals surface area contributed by atoms with Crippen LogP contribution in [0.2, 0.25) is 0 Å². The Hall–Kier alpha value is -1.47. The van der Waals surface area contributed by atoms with Gasteiger partial charge in [-0.3, -0.25) is 4.79 Å². The van der Waals surface area contributed by atoms with Crippen LogP contribution in [0.3, 0.4) is 0 Å². The zero-order valence-electron chi connectivity index (χ0n) is 12.2. The van der Waals surface area contributed by atoms with Gasteiger partial charge in [-0.2, -0.15) is 0 Å². The lowest BCUT2D eigenvalue weighted by atomic mass is 10.2. The SMILES string of the molecule is COCCN(CC(C)C)c1nc(C(=O)O)c(C(C)=O)s1. The van der Waals surface area contributed by atoms with Crippen molar-refractivity contribution in [2.75, 3.05) is 31.7 Å². The molecule has 7 heteroatoms. The molecule has 0 aliphatic rings. The summed E-state index contributed by atoms with van der Waals surface area (Å²) >= 11 is 1.13. The number of aromatic nitrogens is 1. The van der Waals surface area contributed by atoms with E-state index in [4.69, 9.17) is 9.84 Å². The first-order valence-corrected chi connectivity index (χ1v) is 7.17. The Bertz CT molecular complexity index is 453. The number of carbonyl (C=O) groups excluding carboxylic acids is 1. The van der Waals surface area contributed by atoms with E-state index in [0.717, 1.165) is 17.9 Å². The topological polar surface area (TPSA) is 79.7 Å². The molecule has 0 saturated heterocycles. The molecule has 0 aliphatic carbocycles. The summed E-state index contributed by atoms with van der Waals surface area (Å²) in [6.07, 6.45) is 0. The molecule has 1 rings (SSSR count). The van der Waals surface area contributed by atoms with Crippen molar-refractivity contribution in [3.63, 3.8) is 0 Å². The highest BCUT2D eigenvalue weighted by atomic mass is 32.1. The maximum Gasteiger partial charge on any atom is 0.356 e. The molecule has 0 radical (unpaired) electrons. The monoisotopic (exact) mass is 300 g/mol. The first-order chi connectivity index (χ1) is 9.36. The lowest BCUT2D eigenvalue weighted by Crippen LogP contribution is -2.30. The number of methoxy groups -OCH3 is 1. The fourth-order valence-corrected chi connectivity index (χ4v) is 2.72. The second-order valence-electron chi connectivity index (χ2n) is 4.87. The molecule has 1 N–H and O–H groups in total. The van der Waals surface area contributed by atoms with E-state index in [0.29, 0.717) is 24.2 Å². The molecule has 0 bridgehead atoms. The van der Waals surface area contributed by atoms with Crippen LogP contribution in [0, 0.1) is 5.92 Å². The van der Waals surface area contributed by atoms with Crippen LogP contribution in [0.5, 0.6) is 0 Å². The average Bonchev–Trinajstić information content (AvgIpc) is 2.79. The van der Waals surface area contributed by atoms with Gasteiger partial charge in [0.1, 0.15) is 4.88 Å². The van der Waals surface area contributed by atoms with Gasteiger partial charge in [-0.25, -0.2) is 9.78 Å². The number of nitrogens with zero attached hydrogens (tertiary/aromatic N) is 2. The summed E-state index contributed by atoms with van der Waals surface area (Å²) in [5, 5.41) is 9.67. The Morgan fingerprint density at radius 3 is 2.50 bits per heavy atom. The Morgan fingerprint density at radius 2 is 2.10 bits per heavy atom. The van der Waals surface area contributed by atoms with Gasteiger partial charge in [0.05, 0.1) is 6.61 Å². The lowest BCUT2D eigenvalue weighted by Gasteiger charge is -2.23. The second-order valence-corrected chi connectivity index (χ2v) is 5.85. The van der Waals surface area contributed by atoms with Gasteiger partial charge in [0.15, 0.2) is 16.6 Å². The standard InChI is InChI=1S/C13H20N2O4S/c1-8(2)7-15(5-6-19-4)13-14-10(12(17)18)11(20-13)9(3)16/h8H,5-7H2,1-4H3,(H,17,18). The summed E-state index contributed by atoms with van der Waals surface area (Å²) < 4.78 is 5.06. The Balaban J connectivity index is 3.09. The fourth-order valence-electron chi connectivity index (χ4n) is 1.73. The predicted octanol–water partition coefficient (Wildman–Crippen LogP) is 2.15. The number of anilines is 1. The molecule has 0 saturated carbocycles. The van der Waals surface area contributed by atoms with Crippen LogP contribution in [0.25, 0.3) is 0 Å². The third-order valence-corrected chi connectivity index (χ3v) is 3.78. The number of carbonyl (C=O) groups is 2. The Labute approximate surface area is 122 Å². The number of carboxylic acids is 1. The number of hydrogen-bond donors (Lipinski definition) is 1. The normalized spacial score (nSPS) is 10.8. The Kier molecular flexibility index (Phi) is 6.09. The average molecular weight is 300 g/mol. The zero-order valence-corrected chi connectivity index (χ0v) is 13.0. The number of ketones is 1. The third-order valence-electron chi connectivity index (χ3n) is 2.56. The van der Waals surface area contributed by atoms with Crippen molar-refractivity contribution in [1.29, 1.82) is 0 Å². The van der Waals surface area contributed by atoms with Crippen molar-refractivity contribution in [3.05, 3.63) is 10.6 Å².